The number of hydrogen-bond donors (Lipinski definition) is 4. The van der Waals surface area contributed by atoms with E-state index in [1.807, 2.05) is 0 Å². The fourth-order valence-corrected chi connectivity index (χ4v) is 1.46. The topological polar surface area (TPSA) is 133 Å². The van der Waals surface area contributed by atoms with Gasteiger partial charge in [-0.1, -0.05) is 6.07 Å². The number of carbonyl (C=O) groups excluding carboxylic acids is 2. The van der Waals surface area contributed by atoms with Crippen LogP contribution in [0.5, 0.6) is 0 Å². The highest BCUT2D eigenvalue weighted by Crippen LogP contribution is 2.15. The first-order valence-electron chi connectivity index (χ1n) is 6.00. The Morgan fingerprint density at radius 1 is 0.857 bits per heavy atom. The maximum atomic E-state index is 11.5. The molecule has 0 aliphatic carbocycles. The molecule has 0 radical (unpaired) electrons. The van der Waals surface area contributed by atoms with Gasteiger partial charge in [0.1, 0.15) is 6.42 Å². The second kappa shape index (κ2) is 7.63. The fourth-order valence-electron chi connectivity index (χ4n) is 1.46. The van der Waals surface area contributed by atoms with E-state index in [4.69, 9.17) is 10.2 Å². The first-order chi connectivity index (χ1) is 9.86. The van der Waals surface area contributed by atoms with E-state index < -0.39 is 30.2 Å². The molecule has 0 spiro atoms. The van der Waals surface area contributed by atoms with Gasteiger partial charge in [0.05, 0.1) is 6.42 Å². The van der Waals surface area contributed by atoms with E-state index in [-0.39, 0.29) is 12.8 Å². The van der Waals surface area contributed by atoms with Crippen LogP contribution in [0.25, 0.3) is 0 Å². The monoisotopic (exact) mass is 294 g/mol. The van der Waals surface area contributed by atoms with Gasteiger partial charge in [0.25, 0.3) is 0 Å². The Morgan fingerprint density at radius 3 is 1.95 bits per heavy atom. The molecule has 1 aromatic rings. The number of carboxylic acid groups (broad SMARTS) is 2. The molecule has 0 aromatic heterocycles. The quantitative estimate of drug-likeness (QED) is 0.552. The predicted octanol–water partition coefficient (Wildman–Crippen LogP) is 0.903. The van der Waals surface area contributed by atoms with Gasteiger partial charge in [-0.2, -0.15) is 0 Å². The zero-order valence-corrected chi connectivity index (χ0v) is 11.0. The number of rotatable bonds is 7. The van der Waals surface area contributed by atoms with Gasteiger partial charge in [-0.15, -0.1) is 0 Å². The first-order valence-corrected chi connectivity index (χ1v) is 6.00. The van der Waals surface area contributed by atoms with Crippen molar-refractivity contribution in [2.24, 2.45) is 0 Å². The van der Waals surface area contributed by atoms with E-state index in [2.05, 4.69) is 10.6 Å². The number of hydrogen-bond acceptors (Lipinski definition) is 4. The highest BCUT2D eigenvalue weighted by Gasteiger charge is 2.09. The van der Waals surface area contributed by atoms with Crippen LogP contribution in [0.1, 0.15) is 19.3 Å². The Morgan fingerprint density at radius 2 is 1.43 bits per heavy atom. The highest BCUT2D eigenvalue weighted by atomic mass is 16.4. The number of benzene rings is 1. The molecule has 21 heavy (non-hydrogen) atoms. The van der Waals surface area contributed by atoms with Crippen LogP contribution in [0.3, 0.4) is 0 Å². The molecule has 0 heterocycles. The number of anilines is 2. The van der Waals surface area contributed by atoms with Crippen molar-refractivity contribution in [3.05, 3.63) is 24.3 Å². The number of carboxylic acids is 2. The van der Waals surface area contributed by atoms with E-state index in [9.17, 15) is 19.2 Å². The third kappa shape index (κ3) is 6.71. The van der Waals surface area contributed by atoms with E-state index in [0.29, 0.717) is 11.4 Å². The van der Waals surface area contributed by atoms with Crippen LogP contribution in [0, 0.1) is 0 Å². The van der Waals surface area contributed by atoms with Crippen LogP contribution in [0.2, 0.25) is 0 Å². The van der Waals surface area contributed by atoms with Crippen LogP contribution in [-0.2, 0) is 19.2 Å². The summed E-state index contributed by atoms with van der Waals surface area (Å²) in [4.78, 5) is 43.5. The van der Waals surface area contributed by atoms with Crippen LogP contribution < -0.4 is 10.6 Å². The lowest BCUT2D eigenvalue weighted by Gasteiger charge is -2.08. The Hall–Kier alpha value is -2.90. The minimum Gasteiger partial charge on any atom is -0.481 e. The lowest BCUT2D eigenvalue weighted by atomic mass is 10.2. The van der Waals surface area contributed by atoms with E-state index in [1.165, 1.54) is 12.1 Å². The summed E-state index contributed by atoms with van der Waals surface area (Å²) in [6.07, 6.45) is -1.10. The second-order valence-corrected chi connectivity index (χ2v) is 4.14. The van der Waals surface area contributed by atoms with Crippen LogP contribution in [0.4, 0.5) is 11.4 Å². The van der Waals surface area contributed by atoms with Crippen molar-refractivity contribution in [2.45, 2.75) is 19.3 Å². The van der Waals surface area contributed by atoms with Crippen LogP contribution >= 0.6 is 0 Å². The Bertz CT molecular complexity index is 570. The average Bonchev–Trinajstić information content (AvgIpc) is 2.35. The number of aliphatic carboxylic acids is 2. The summed E-state index contributed by atoms with van der Waals surface area (Å²) in [6.45, 7) is 0. The van der Waals surface area contributed by atoms with Gasteiger partial charge in [0.2, 0.25) is 11.8 Å². The van der Waals surface area contributed by atoms with Crippen molar-refractivity contribution in [2.75, 3.05) is 10.6 Å². The molecule has 0 aliphatic heterocycles. The zero-order chi connectivity index (χ0) is 15.8. The third-order valence-corrected chi connectivity index (χ3v) is 2.31. The van der Waals surface area contributed by atoms with E-state index >= 15 is 0 Å². The van der Waals surface area contributed by atoms with Gasteiger partial charge in [0.15, 0.2) is 0 Å². The summed E-state index contributed by atoms with van der Waals surface area (Å²) in [7, 11) is 0. The number of carbonyl (C=O) groups is 4. The molecule has 8 heteroatoms. The number of amides is 2. The fraction of sp³-hybridized carbons (Fsp3) is 0.231. The summed E-state index contributed by atoms with van der Waals surface area (Å²) < 4.78 is 0. The van der Waals surface area contributed by atoms with Gasteiger partial charge in [-0.05, 0) is 18.2 Å². The lowest BCUT2D eigenvalue weighted by molar-refractivity contribution is -0.140. The van der Waals surface area contributed by atoms with Crippen molar-refractivity contribution in [1.82, 2.24) is 0 Å². The summed E-state index contributed by atoms with van der Waals surface area (Å²) in [5.74, 6) is -3.46. The molecule has 0 saturated heterocycles. The molecule has 0 fully saturated rings. The van der Waals surface area contributed by atoms with Crippen LogP contribution in [-0.4, -0.2) is 34.0 Å². The smallest absolute Gasteiger partial charge is 0.312 e. The molecule has 0 unspecified atom stereocenters. The Kier molecular flexibility index (Phi) is 5.87. The first kappa shape index (κ1) is 16.2. The average molecular weight is 294 g/mol. The molecule has 4 N–H and O–H groups in total. The number of nitrogens with one attached hydrogen (secondary N) is 2. The van der Waals surface area contributed by atoms with Crippen LogP contribution in [0.15, 0.2) is 24.3 Å². The van der Waals surface area contributed by atoms with E-state index in [0.717, 1.165) is 0 Å². The molecule has 2 amide bonds. The van der Waals surface area contributed by atoms with Gasteiger partial charge in [-0.3, -0.25) is 19.2 Å². The highest BCUT2D eigenvalue weighted by molar-refractivity contribution is 6.01. The molecule has 1 aromatic carbocycles. The maximum absolute atomic E-state index is 11.5. The Labute approximate surface area is 119 Å². The maximum Gasteiger partial charge on any atom is 0.312 e. The second-order valence-electron chi connectivity index (χ2n) is 4.14. The van der Waals surface area contributed by atoms with Crippen molar-refractivity contribution in [3.8, 4) is 0 Å². The standard InChI is InChI=1S/C13H14N2O6/c16-10(4-5-12(18)19)14-8-2-1-3-9(6-8)15-11(17)7-13(20)21/h1-3,6H,4-5,7H2,(H,14,16)(H,15,17)(H,18,19)(H,20,21). The third-order valence-electron chi connectivity index (χ3n) is 2.31. The normalized spacial score (nSPS) is 9.71. The lowest BCUT2D eigenvalue weighted by Crippen LogP contribution is -2.16. The van der Waals surface area contributed by atoms with Crippen molar-refractivity contribution >= 4 is 35.1 Å². The van der Waals surface area contributed by atoms with Crippen molar-refractivity contribution in [3.63, 3.8) is 0 Å². The summed E-state index contributed by atoms with van der Waals surface area (Å²) >= 11 is 0. The molecular formula is C13H14N2O6. The molecule has 8 nitrogen and oxygen atoms in total. The SMILES string of the molecule is O=C(O)CCC(=O)Nc1cccc(NC(=O)CC(=O)O)c1. The molecule has 0 atom stereocenters. The van der Waals surface area contributed by atoms with Crippen molar-refractivity contribution < 1.29 is 29.4 Å². The predicted molar refractivity (Wildman–Crippen MR) is 72.8 cm³/mol. The largest absolute Gasteiger partial charge is 0.481 e. The summed E-state index contributed by atoms with van der Waals surface area (Å²) in [5.41, 5.74) is 0.704. The summed E-state index contributed by atoms with van der Waals surface area (Å²) in [5, 5.41) is 21.8. The molecule has 0 bridgehead atoms. The molecular weight excluding hydrogens is 280 g/mol. The van der Waals surface area contributed by atoms with Gasteiger partial charge >= 0.3 is 11.9 Å². The minimum absolute atomic E-state index is 0.162. The molecule has 0 saturated carbocycles. The van der Waals surface area contributed by atoms with Gasteiger partial charge in [-0.25, -0.2) is 0 Å². The Balaban J connectivity index is 2.59. The molecule has 1 rings (SSSR count). The summed E-state index contributed by atoms with van der Waals surface area (Å²) in [6, 6.07) is 6.10. The van der Waals surface area contributed by atoms with Gasteiger partial charge in [0, 0.05) is 17.8 Å². The van der Waals surface area contributed by atoms with Crippen molar-refractivity contribution in [1.29, 1.82) is 0 Å². The van der Waals surface area contributed by atoms with E-state index in [1.54, 1.807) is 12.1 Å². The molecule has 112 valence electrons. The zero-order valence-electron chi connectivity index (χ0n) is 11.0. The molecule has 0 aliphatic rings. The van der Waals surface area contributed by atoms with Gasteiger partial charge < -0.3 is 20.8 Å². The minimum atomic E-state index is -1.24.